The van der Waals surface area contributed by atoms with E-state index in [2.05, 4.69) is 21.2 Å². The number of hydrogen-bond donors (Lipinski definition) is 1. The van der Waals surface area contributed by atoms with Crippen molar-refractivity contribution < 1.29 is 14.3 Å². The minimum Gasteiger partial charge on any atom is -0.483 e. The second-order valence-electron chi connectivity index (χ2n) is 9.07. The molecule has 1 fully saturated rings. The molecule has 0 aromatic heterocycles. The van der Waals surface area contributed by atoms with E-state index < -0.39 is 6.04 Å². The molecule has 3 aromatic rings. The lowest BCUT2D eigenvalue weighted by Crippen LogP contribution is -2.52. The molecule has 1 atom stereocenters. The number of carbonyl (C=O) groups excluding carboxylic acids is 2. The first-order valence-corrected chi connectivity index (χ1v) is 13.8. The van der Waals surface area contributed by atoms with Gasteiger partial charge in [-0.3, -0.25) is 9.59 Å². The minimum absolute atomic E-state index is 0.135. The molecule has 0 spiro atoms. The van der Waals surface area contributed by atoms with E-state index >= 15 is 0 Å². The first-order valence-electron chi connectivity index (χ1n) is 12.2. The third-order valence-corrected chi connectivity index (χ3v) is 8.16. The monoisotopic (exact) mass is 590 g/mol. The second-order valence-corrected chi connectivity index (χ2v) is 10.7. The summed E-state index contributed by atoms with van der Waals surface area (Å²) >= 11 is 15.9. The van der Waals surface area contributed by atoms with Crippen molar-refractivity contribution in [3.05, 3.63) is 74.7 Å². The lowest BCUT2D eigenvalue weighted by atomic mass is 10.1. The smallest absolute Gasteiger partial charge is 0.261 e. The minimum atomic E-state index is -0.629. The van der Waals surface area contributed by atoms with Crippen molar-refractivity contribution >= 4 is 61.7 Å². The van der Waals surface area contributed by atoms with Crippen LogP contribution in [-0.4, -0.2) is 35.4 Å². The van der Waals surface area contributed by atoms with Crippen molar-refractivity contribution in [3.8, 4) is 5.75 Å². The summed E-state index contributed by atoms with van der Waals surface area (Å²) in [6.07, 6.45) is 4.65. The number of nitrogens with one attached hydrogen (secondary N) is 1. The number of fused-ring (bicyclic) bond motifs is 1. The van der Waals surface area contributed by atoms with Crippen LogP contribution in [-0.2, 0) is 16.1 Å². The number of rotatable bonds is 9. The third-order valence-electron chi connectivity index (χ3n) is 6.60. The number of carbonyl (C=O) groups is 2. The number of ether oxygens (including phenoxy) is 1. The first kappa shape index (κ1) is 26.8. The molecule has 0 bridgehead atoms. The molecule has 3 aromatic carbocycles. The van der Waals surface area contributed by atoms with Gasteiger partial charge in [-0.15, -0.1) is 0 Å². The van der Waals surface area contributed by atoms with E-state index in [1.165, 1.54) is 0 Å². The van der Waals surface area contributed by atoms with E-state index in [-0.39, 0.29) is 31.0 Å². The van der Waals surface area contributed by atoms with Gasteiger partial charge in [0.25, 0.3) is 5.91 Å². The highest BCUT2D eigenvalue weighted by atomic mass is 79.9. The van der Waals surface area contributed by atoms with Crippen LogP contribution in [0.15, 0.2) is 59.1 Å². The maximum Gasteiger partial charge on any atom is 0.261 e. The van der Waals surface area contributed by atoms with E-state index in [9.17, 15) is 9.59 Å². The van der Waals surface area contributed by atoms with Gasteiger partial charge in [-0.1, -0.05) is 79.4 Å². The summed E-state index contributed by atoms with van der Waals surface area (Å²) in [5, 5.41) is 6.06. The molecule has 0 radical (unpaired) electrons. The fourth-order valence-electron chi connectivity index (χ4n) is 4.67. The van der Waals surface area contributed by atoms with Crippen molar-refractivity contribution in [2.45, 2.75) is 57.7 Å². The molecular weight excluding hydrogens is 563 g/mol. The quantitative estimate of drug-likeness (QED) is 0.287. The average molecular weight is 592 g/mol. The standard InChI is InChI=1S/C28H29BrCl2N2O3/c1-2-24(28(35)32-20-8-4-5-9-20)33(16-18-11-13-22(30)23(31)15-18)26(34)17-36-25-14-12-19-7-3-6-10-21(19)27(25)29/h3,6-7,10-15,20,24H,2,4-5,8-9,16-17H2,1H3,(H,32,35). The van der Waals surface area contributed by atoms with Gasteiger partial charge in [-0.05, 0) is 69.7 Å². The Morgan fingerprint density at radius 3 is 2.56 bits per heavy atom. The first-order chi connectivity index (χ1) is 17.4. The van der Waals surface area contributed by atoms with Crippen LogP contribution in [0.25, 0.3) is 10.8 Å². The van der Waals surface area contributed by atoms with Gasteiger partial charge in [0.15, 0.2) is 6.61 Å². The van der Waals surface area contributed by atoms with Gasteiger partial charge in [-0.25, -0.2) is 0 Å². The molecule has 5 nitrogen and oxygen atoms in total. The topological polar surface area (TPSA) is 58.6 Å². The SMILES string of the molecule is CCC(C(=O)NC1CCCC1)N(Cc1ccc(Cl)c(Cl)c1)C(=O)COc1ccc2ccccc2c1Br. The van der Waals surface area contributed by atoms with Crippen molar-refractivity contribution in [1.82, 2.24) is 10.2 Å². The van der Waals surface area contributed by atoms with Crippen LogP contribution in [0.1, 0.15) is 44.6 Å². The van der Waals surface area contributed by atoms with E-state index in [1.807, 2.05) is 49.4 Å². The highest BCUT2D eigenvalue weighted by Crippen LogP contribution is 2.33. The van der Waals surface area contributed by atoms with E-state index in [0.29, 0.717) is 22.2 Å². The maximum atomic E-state index is 13.5. The lowest BCUT2D eigenvalue weighted by molar-refractivity contribution is -0.143. The van der Waals surface area contributed by atoms with E-state index in [1.54, 1.807) is 17.0 Å². The highest BCUT2D eigenvalue weighted by molar-refractivity contribution is 9.10. The van der Waals surface area contributed by atoms with Gasteiger partial charge in [0, 0.05) is 12.6 Å². The molecule has 1 aliphatic rings. The molecule has 1 saturated carbocycles. The zero-order valence-electron chi connectivity index (χ0n) is 20.1. The summed E-state index contributed by atoms with van der Waals surface area (Å²) in [7, 11) is 0. The molecule has 1 aliphatic carbocycles. The van der Waals surface area contributed by atoms with Crippen molar-refractivity contribution in [2.24, 2.45) is 0 Å². The normalized spacial score (nSPS) is 14.6. The van der Waals surface area contributed by atoms with Gasteiger partial charge >= 0.3 is 0 Å². The van der Waals surface area contributed by atoms with E-state index in [4.69, 9.17) is 27.9 Å². The summed E-state index contributed by atoms with van der Waals surface area (Å²) in [5.74, 6) is 0.152. The molecular formula is C28H29BrCl2N2O3. The van der Waals surface area contributed by atoms with Crippen LogP contribution in [0.4, 0.5) is 0 Å². The summed E-state index contributed by atoms with van der Waals surface area (Å²) in [6.45, 7) is 1.93. The Balaban J connectivity index is 1.55. The zero-order chi connectivity index (χ0) is 25.7. The van der Waals surface area contributed by atoms with Crippen molar-refractivity contribution in [3.63, 3.8) is 0 Å². The predicted molar refractivity (Wildman–Crippen MR) is 149 cm³/mol. The number of hydrogen-bond acceptors (Lipinski definition) is 3. The molecule has 8 heteroatoms. The molecule has 1 N–H and O–H groups in total. The van der Waals surface area contributed by atoms with Gasteiger partial charge in [0.2, 0.25) is 5.91 Å². The van der Waals surface area contributed by atoms with Crippen LogP contribution in [0.3, 0.4) is 0 Å². The van der Waals surface area contributed by atoms with Crippen LogP contribution in [0.5, 0.6) is 5.75 Å². The summed E-state index contributed by atoms with van der Waals surface area (Å²) in [4.78, 5) is 28.4. The Bertz CT molecular complexity index is 1250. The van der Waals surface area contributed by atoms with Gasteiger partial charge in [0.1, 0.15) is 11.8 Å². The van der Waals surface area contributed by atoms with Gasteiger partial charge < -0.3 is 15.0 Å². The van der Waals surface area contributed by atoms with Crippen LogP contribution < -0.4 is 10.1 Å². The number of halogens is 3. The fraction of sp³-hybridized carbons (Fsp3) is 0.357. The number of nitrogens with zero attached hydrogens (tertiary/aromatic N) is 1. The molecule has 190 valence electrons. The number of amides is 2. The Morgan fingerprint density at radius 1 is 1.08 bits per heavy atom. The van der Waals surface area contributed by atoms with Crippen LogP contribution in [0, 0.1) is 0 Å². The highest BCUT2D eigenvalue weighted by Gasteiger charge is 2.31. The number of benzene rings is 3. The van der Waals surface area contributed by atoms with Crippen LogP contribution >= 0.6 is 39.1 Å². The molecule has 0 aliphatic heterocycles. The second kappa shape index (κ2) is 12.3. The predicted octanol–water partition coefficient (Wildman–Crippen LogP) is 7.15. The lowest BCUT2D eigenvalue weighted by Gasteiger charge is -2.31. The fourth-order valence-corrected chi connectivity index (χ4v) is 5.60. The van der Waals surface area contributed by atoms with Crippen molar-refractivity contribution in [1.29, 1.82) is 0 Å². The summed E-state index contributed by atoms with van der Waals surface area (Å²) in [6, 6.07) is 16.5. The maximum absolute atomic E-state index is 13.5. The summed E-state index contributed by atoms with van der Waals surface area (Å²) < 4.78 is 6.75. The zero-order valence-corrected chi connectivity index (χ0v) is 23.2. The average Bonchev–Trinajstić information content (AvgIpc) is 3.38. The van der Waals surface area contributed by atoms with Gasteiger partial charge in [-0.2, -0.15) is 0 Å². The van der Waals surface area contributed by atoms with Gasteiger partial charge in [0.05, 0.1) is 14.5 Å². The Kier molecular flexibility index (Phi) is 9.15. The molecule has 2 amide bonds. The molecule has 36 heavy (non-hydrogen) atoms. The molecule has 1 unspecified atom stereocenters. The summed E-state index contributed by atoms with van der Waals surface area (Å²) in [5.41, 5.74) is 0.789. The molecule has 0 heterocycles. The Hall–Kier alpha value is -2.28. The Morgan fingerprint density at radius 2 is 1.83 bits per heavy atom. The van der Waals surface area contributed by atoms with Crippen molar-refractivity contribution in [2.75, 3.05) is 6.61 Å². The molecule has 0 saturated heterocycles. The Labute approximate surface area is 230 Å². The molecule has 4 rings (SSSR count). The van der Waals surface area contributed by atoms with E-state index in [0.717, 1.165) is 46.5 Å². The van der Waals surface area contributed by atoms with Crippen LogP contribution in [0.2, 0.25) is 10.0 Å². The third kappa shape index (κ3) is 6.34. The largest absolute Gasteiger partial charge is 0.483 e.